The standard InChI is InChI=1S/C19H21N3O/c23-19(16-8-7-14-4-1-2-5-15(14)12-16)22-11-3-6-18(22)17-13-20-9-10-21-17/h7-10,12-13,18H,1-6,11H2. The molecule has 0 N–H and O–H groups in total. The highest BCUT2D eigenvalue weighted by atomic mass is 16.2. The van der Waals surface area contributed by atoms with Gasteiger partial charge in [-0.25, -0.2) is 0 Å². The van der Waals surface area contributed by atoms with Crippen molar-refractivity contribution in [1.29, 1.82) is 0 Å². The number of carbonyl (C=O) groups is 1. The van der Waals surface area contributed by atoms with Gasteiger partial charge in [-0.3, -0.25) is 14.8 Å². The van der Waals surface area contributed by atoms with E-state index < -0.39 is 0 Å². The molecule has 1 unspecified atom stereocenters. The Morgan fingerprint density at radius 3 is 2.78 bits per heavy atom. The molecule has 2 aromatic rings. The van der Waals surface area contributed by atoms with Gasteiger partial charge in [-0.2, -0.15) is 0 Å². The van der Waals surface area contributed by atoms with Crippen LogP contribution in [0.5, 0.6) is 0 Å². The van der Waals surface area contributed by atoms with E-state index in [0.29, 0.717) is 0 Å². The summed E-state index contributed by atoms with van der Waals surface area (Å²) in [5.41, 5.74) is 4.50. The van der Waals surface area contributed by atoms with Gasteiger partial charge in [0.25, 0.3) is 5.91 Å². The maximum absolute atomic E-state index is 13.0. The van der Waals surface area contributed by atoms with Gasteiger partial charge in [-0.15, -0.1) is 0 Å². The van der Waals surface area contributed by atoms with E-state index in [0.717, 1.165) is 43.5 Å². The molecule has 0 bridgehead atoms. The minimum absolute atomic E-state index is 0.0623. The molecule has 4 heteroatoms. The number of hydrogen-bond acceptors (Lipinski definition) is 3. The molecule has 23 heavy (non-hydrogen) atoms. The smallest absolute Gasteiger partial charge is 0.254 e. The first-order chi connectivity index (χ1) is 11.3. The maximum atomic E-state index is 13.0. The number of rotatable bonds is 2. The Bertz CT molecular complexity index is 714. The third-order valence-electron chi connectivity index (χ3n) is 5.03. The summed E-state index contributed by atoms with van der Waals surface area (Å²) in [6.07, 6.45) is 11.9. The summed E-state index contributed by atoms with van der Waals surface area (Å²) in [6, 6.07) is 6.32. The number of hydrogen-bond donors (Lipinski definition) is 0. The molecule has 2 heterocycles. The molecule has 1 saturated heterocycles. The predicted molar refractivity (Wildman–Crippen MR) is 88.1 cm³/mol. The molecule has 0 spiro atoms. The third-order valence-corrected chi connectivity index (χ3v) is 5.03. The quantitative estimate of drug-likeness (QED) is 0.855. The third kappa shape index (κ3) is 2.74. The number of nitrogens with zero attached hydrogens (tertiary/aromatic N) is 3. The Balaban J connectivity index is 1.61. The lowest BCUT2D eigenvalue weighted by atomic mass is 9.90. The molecule has 1 amide bonds. The molecule has 1 atom stereocenters. The van der Waals surface area contributed by atoms with Crippen LogP contribution in [-0.4, -0.2) is 27.3 Å². The van der Waals surface area contributed by atoms with Gasteiger partial charge in [0.2, 0.25) is 0 Å². The van der Waals surface area contributed by atoms with Crippen LogP contribution in [0.3, 0.4) is 0 Å². The van der Waals surface area contributed by atoms with Gasteiger partial charge in [0, 0.05) is 24.5 Å². The molecule has 2 aliphatic rings. The first-order valence-corrected chi connectivity index (χ1v) is 8.51. The van der Waals surface area contributed by atoms with Crippen molar-refractivity contribution in [3.05, 3.63) is 59.2 Å². The molecular formula is C19H21N3O. The Labute approximate surface area is 136 Å². The summed E-state index contributed by atoms with van der Waals surface area (Å²) in [4.78, 5) is 23.5. The van der Waals surface area contributed by atoms with Gasteiger partial charge in [-0.05, 0) is 61.8 Å². The SMILES string of the molecule is O=C(c1ccc2c(c1)CCCC2)N1CCCC1c1cnccn1. The number of aryl methyl sites for hydroxylation is 2. The fourth-order valence-corrected chi connectivity index (χ4v) is 3.83. The molecule has 0 radical (unpaired) electrons. The monoisotopic (exact) mass is 307 g/mol. The Morgan fingerprint density at radius 2 is 1.96 bits per heavy atom. The van der Waals surface area contributed by atoms with Crippen molar-refractivity contribution < 1.29 is 4.79 Å². The second kappa shape index (κ2) is 6.11. The number of fused-ring (bicyclic) bond motifs is 1. The van der Waals surface area contributed by atoms with Gasteiger partial charge < -0.3 is 4.90 Å². The highest BCUT2D eigenvalue weighted by Gasteiger charge is 2.31. The van der Waals surface area contributed by atoms with Gasteiger partial charge in [-0.1, -0.05) is 6.07 Å². The van der Waals surface area contributed by atoms with E-state index in [1.165, 1.54) is 24.0 Å². The molecule has 118 valence electrons. The zero-order valence-electron chi connectivity index (χ0n) is 13.2. The van der Waals surface area contributed by atoms with E-state index in [2.05, 4.69) is 22.1 Å². The van der Waals surface area contributed by atoms with Crippen molar-refractivity contribution >= 4 is 5.91 Å². The lowest BCUT2D eigenvalue weighted by Crippen LogP contribution is -2.31. The van der Waals surface area contributed by atoms with Gasteiger partial charge in [0.1, 0.15) is 0 Å². The highest BCUT2D eigenvalue weighted by molar-refractivity contribution is 5.95. The summed E-state index contributed by atoms with van der Waals surface area (Å²) in [5.74, 6) is 0.131. The van der Waals surface area contributed by atoms with Crippen LogP contribution in [0.25, 0.3) is 0 Å². The first kappa shape index (κ1) is 14.4. The molecular weight excluding hydrogens is 286 g/mol. The van der Waals surface area contributed by atoms with Crippen molar-refractivity contribution in [2.75, 3.05) is 6.54 Å². The molecule has 4 nitrogen and oxygen atoms in total. The zero-order chi connectivity index (χ0) is 15.6. The van der Waals surface area contributed by atoms with Crippen LogP contribution >= 0.6 is 0 Å². The van der Waals surface area contributed by atoms with Gasteiger partial charge in [0.05, 0.1) is 17.9 Å². The van der Waals surface area contributed by atoms with E-state index in [9.17, 15) is 4.79 Å². The molecule has 4 rings (SSSR count). The topological polar surface area (TPSA) is 46.1 Å². The summed E-state index contributed by atoms with van der Waals surface area (Å²) in [5, 5.41) is 0. The molecule has 1 aliphatic heterocycles. The molecule has 1 aromatic heterocycles. The first-order valence-electron chi connectivity index (χ1n) is 8.51. The molecule has 1 fully saturated rings. The van der Waals surface area contributed by atoms with Crippen LogP contribution in [-0.2, 0) is 12.8 Å². The second-order valence-corrected chi connectivity index (χ2v) is 6.48. The fourth-order valence-electron chi connectivity index (χ4n) is 3.83. The van der Waals surface area contributed by atoms with Crippen molar-refractivity contribution in [2.45, 2.75) is 44.6 Å². The number of aromatic nitrogens is 2. The number of carbonyl (C=O) groups excluding carboxylic acids is 1. The van der Waals surface area contributed by atoms with Crippen LogP contribution < -0.4 is 0 Å². The fraction of sp³-hybridized carbons (Fsp3) is 0.421. The lowest BCUT2D eigenvalue weighted by Gasteiger charge is -2.25. The number of amides is 1. The van der Waals surface area contributed by atoms with E-state index in [-0.39, 0.29) is 11.9 Å². The number of benzene rings is 1. The highest BCUT2D eigenvalue weighted by Crippen LogP contribution is 2.32. The molecule has 1 aliphatic carbocycles. The van der Waals surface area contributed by atoms with E-state index in [1.807, 2.05) is 11.0 Å². The van der Waals surface area contributed by atoms with Crippen LogP contribution in [0.2, 0.25) is 0 Å². The van der Waals surface area contributed by atoms with Crippen LogP contribution in [0.15, 0.2) is 36.8 Å². The average Bonchev–Trinajstić information content (AvgIpc) is 3.11. The van der Waals surface area contributed by atoms with Crippen LogP contribution in [0, 0.1) is 0 Å². The number of likely N-dealkylation sites (tertiary alicyclic amines) is 1. The average molecular weight is 307 g/mol. The predicted octanol–water partition coefficient (Wildman–Crippen LogP) is 3.33. The van der Waals surface area contributed by atoms with E-state index in [4.69, 9.17) is 0 Å². The Hall–Kier alpha value is -2.23. The van der Waals surface area contributed by atoms with Crippen molar-refractivity contribution in [2.24, 2.45) is 0 Å². The minimum Gasteiger partial charge on any atom is -0.330 e. The molecule has 1 aromatic carbocycles. The maximum Gasteiger partial charge on any atom is 0.254 e. The largest absolute Gasteiger partial charge is 0.330 e. The summed E-state index contributed by atoms with van der Waals surface area (Å²) in [6.45, 7) is 0.803. The minimum atomic E-state index is 0.0623. The normalized spacial score (nSPS) is 20.3. The van der Waals surface area contributed by atoms with Crippen molar-refractivity contribution in [3.63, 3.8) is 0 Å². The second-order valence-electron chi connectivity index (χ2n) is 6.48. The van der Waals surface area contributed by atoms with Gasteiger partial charge >= 0.3 is 0 Å². The van der Waals surface area contributed by atoms with Crippen LogP contribution in [0.1, 0.15) is 58.9 Å². The van der Waals surface area contributed by atoms with E-state index in [1.54, 1.807) is 18.6 Å². The summed E-state index contributed by atoms with van der Waals surface area (Å²) >= 11 is 0. The summed E-state index contributed by atoms with van der Waals surface area (Å²) < 4.78 is 0. The van der Waals surface area contributed by atoms with Crippen molar-refractivity contribution in [3.8, 4) is 0 Å². The van der Waals surface area contributed by atoms with E-state index >= 15 is 0 Å². The Kier molecular flexibility index (Phi) is 3.82. The lowest BCUT2D eigenvalue weighted by molar-refractivity contribution is 0.0732. The van der Waals surface area contributed by atoms with Crippen LogP contribution in [0.4, 0.5) is 0 Å². The van der Waals surface area contributed by atoms with Crippen molar-refractivity contribution in [1.82, 2.24) is 14.9 Å². The Morgan fingerprint density at radius 1 is 1.09 bits per heavy atom. The van der Waals surface area contributed by atoms with Gasteiger partial charge in [0.15, 0.2) is 0 Å². The summed E-state index contributed by atoms with van der Waals surface area (Å²) in [7, 11) is 0. The zero-order valence-corrected chi connectivity index (χ0v) is 13.2. The molecule has 0 saturated carbocycles.